The van der Waals surface area contributed by atoms with Crippen LogP contribution in [0.3, 0.4) is 0 Å². The number of hydrogen-bond acceptors (Lipinski definition) is 3. The van der Waals surface area contributed by atoms with Crippen LogP contribution in [0.4, 0.5) is 5.69 Å². The Morgan fingerprint density at radius 3 is 2.46 bits per heavy atom. The minimum absolute atomic E-state index is 0. The molecule has 0 spiro atoms. The van der Waals surface area contributed by atoms with Gasteiger partial charge in [0.05, 0.1) is 6.54 Å². The van der Waals surface area contributed by atoms with Gasteiger partial charge >= 0.3 is 0 Å². The molecule has 3 rings (SSSR count). The molecular formula is C20H27Cl2N3O. The Morgan fingerprint density at radius 2 is 1.81 bits per heavy atom. The third-order valence-electron chi connectivity index (χ3n) is 4.45. The van der Waals surface area contributed by atoms with Gasteiger partial charge < -0.3 is 15.1 Å². The van der Waals surface area contributed by atoms with Crippen molar-refractivity contribution in [1.29, 1.82) is 0 Å². The molecule has 1 amide bonds. The number of rotatable bonds is 4. The first kappa shape index (κ1) is 22.5. The Bertz CT molecular complexity index is 722. The van der Waals surface area contributed by atoms with Gasteiger partial charge in [0.25, 0.3) is 0 Å². The maximum Gasteiger partial charge on any atom is 0.238 e. The molecule has 0 saturated carbocycles. The van der Waals surface area contributed by atoms with Gasteiger partial charge in [-0.25, -0.2) is 0 Å². The van der Waals surface area contributed by atoms with Gasteiger partial charge in [-0.1, -0.05) is 42.5 Å². The van der Waals surface area contributed by atoms with E-state index in [0.29, 0.717) is 12.5 Å². The zero-order valence-electron chi connectivity index (χ0n) is 15.4. The molecule has 26 heavy (non-hydrogen) atoms. The van der Waals surface area contributed by atoms with Crippen molar-refractivity contribution in [3.05, 3.63) is 65.2 Å². The van der Waals surface area contributed by atoms with Gasteiger partial charge in [0.15, 0.2) is 0 Å². The summed E-state index contributed by atoms with van der Waals surface area (Å²) in [5, 5.41) is 3.09. The quantitative estimate of drug-likeness (QED) is 0.858. The molecule has 1 heterocycles. The summed E-state index contributed by atoms with van der Waals surface area (Å²) in [4.78, 5) is 16.4. The predicted octanol–water partition coefficient (Wildman–Crippen LogP) is 3.61. The molecule has 1 aliphatic heterocycles. The van der Waals surface area contributed by atoms with Crippen LogP contribution in [0.5, 0.6) is 0 Å². The van der Waals surface area contributed by atoms with E-state index in [1.54, 1.807) is 0 Å². The first-order valence-electron chi connectivity index (χ1n) is 8.34. The fourth-order valence-electron chi connectivity index (χ4n) is 3.42. The number of nitrogens with one attached hydrogen (secondary N) is 1. The van der Waals surface area contributed by atoms with Gasteiger partial charge in [-0.2, -0.15) is 0 Å². The Hall–Kier alpha value is -1.59. The van der Waals surface area contributed by atoms with E-state index in [0.717, 1.165) is 18.8 Å². The van der Waals surface area contributed by atoms with E-state index in [2.05, 4.69) is 53.7 Å². The molecule has 142 valence electrons. The molecule has 1 atom stereocenters. The Morgan fingerprint density at radius 1 is 1.12 bits per heavy atom. The predicted molar refractivity (Wildman–Crippen MR) is 113 cm³/mol. The van der Waals surface area contributed by atoms with Crippen LogP contribution < -0.4 is 5.32 Å². The van der Waals surface area contributed by atoms with Crippen molar-refractivity contribution in [2.45, 2.75) is 12.5 Å². The van der Waals surface area contributed by atoms with Crippen LogP contribution in [0.15, 0.2) is 48.5 Å². The summed E-state index contributed by atoms with van der Waals surface area (Å²) in [7, 11) is 5.94. The summed E-state index contributed by atoms with van der Waals surface area (Å²) >= 11 is 0. The number of nitrogens with zero attached hydrogens (tertiary/aromatic N) is 2. The van der Waals surface area contributed by atoms with Crippen LogP contribution >= 0.6 is 24.8 Å². The highest BCUT2D eigenvalue weighted by Crippen LogP contribution is 2.36. The number of likely N-dealkylation sites (N-methyl/N-ethyl adjacent to an activating group) is 2. The van der Waals surface area contributed by atoms with Gasteiger partial charge in [-0.15, -0.1) is 24.8 Å². The molecule has 0 aromatic heterocycles. The van der Waals surface area contributed by atoms with Crippen LogP contribution in [0.1, 0.15) is 22.6 Å². The van der Waals surface area contributed by atoms with Crippen LogP contribution in [0, 0.1) is 0 Å². The smallest absolute Gasteiger partial charge is 0.238 e. The first-order valence-corrected chi connectivity index (χ1v) is 8.34. The Labute approximate surface area is 168 Å². The van der Waals surface area contributed by atoms with Gasteiger partial charge in [-0.3, -0.25) is 4.79 Å². The van der Waals surface area contributed by atoms with Crippen molar-refractivity contribution < 1.29 is 4.79 Å². The molecule has 1 unspecified atom stereocenters. The van der Waals surface area contributed by atoms with Gasteiger partial charge in [-0.05, 0) is 43.9 Å². The van der Waals surface area contributed by atoms with E-state index in [1.165, 1.54) is 16.7 Å². The minimum atomic E-state index is 0. The van der Waals surface area contributed by atoms with Gasteiger partial charge in [0.1, 0.15) is 0 Å². The monoisotopic (exact) mass is 395 g/mol. The lowest BCUT2D eigenvalue weighted by Crippen LogP contribution is -2.33. The molecule has 0 bridgehead atoms. The van der Waals surface area contributed by atoms with Crippen molar-refractivity contribution >= 4 is 36.4 Å². The molecule has 0 aliphatic carbocycles. The van der Waals surface area contributed by atoms with Crippen LogP contribution in [-0.4, -0.2) is 49.9 Å². The van der Waals surface area contributed by atoms with Crippen molar-refractivity contribution in [3.63, 3.8) is 0 Å². The Kier molecular flexibility index (Phi) is 8.57. The van der Waals surface area contributed by atoms with E-state index < -0.39 is 0 Å². The topological polar surface area (TPSA) is 35.6 Å². The average molecular weight is 396 g/mol. The number of fused-ring (bicyclic) bond motifs is 1. The lowest BCUT2D eigenvalue weighted by atomic mass is 9.84. The molecule has 1 N–H and O–H groups in total. The second kappa shape index (κ2) is 9.93. The summed E-state index contributed by atoms with van der Waals surface area (Å²) in [6.45, 7) is 2.24. The van der Waals surface area contributed by atoms with E-state index in [-0.39, 0.29) is 30.7 Å². The number of carbonyl (C=O) groups excluding carboxylic acids is 1. The highest BCUT2D eigenvalue weighted by Gasteiger charge is 2.26. The maximum absolute atomic E-state index is 12.2. The lowest BCUT2D eigenvalue weighted by molar-refractivity contribution is -0.116. The molecule has 2 aromatic rings. The third kappa shape index (κ3) is 5.21. The number of benzene rings is 2. The summed E-state index contributed by atoms with van der Waals surface area (Å²) in [5.74, 6) is 0.364. The van der Waals surface area contributed by atoms with E-state index in [9.17, 15) is 4.79 Å². The molecule has 2 aromatic carbocycles. The summed E-state index contributed by atoms with van der Waals surface area (Å²) in [6.07, 6.45) is 0. The highest BCUT2D eigenvalue weighted by molar-refractivity contribution is 5.93. The minimum Gasteiger partial charge on any atom is -0.325 e. The molecule has 0 radical (unpaired) electrons. The Balaban J connectivity index is 0.00000169. The second-order valence-corrected chi connectivity index (χ2v) is 6.82. The van der Waals surface area contributed by atoms with Crippen LogP contribution in [-0.2, 0) is 11.3 Å². The number of hydrogen-bond donors (Lipinski definition) is 1. The van der Waals surface area contributed by atoms with E-state index >= 15 is 0 Å². The largest absolute Gasteiger partial charge is 0.325 e. The second-order valence-electron chi connectivity index (χ2n) is 6.82. The molecular weight excluding hydrogens is 369 g/mol. The summed E-state index contributed by atoms with van der Waals surface area (Å²) in [5.41, 5.74) is 4.81. The zero-order chi connectivity index (χ0) is 17.1. The maximum atomic E-state index is 12.2. The van der Waals surface area contributed by atoms with Crippen LogP contribution in [0.2, 0.25) is 0 Å². The molecule has 0 fully saturated rings. The standard InChI is InChI=1S/C20H25N3O.2ClH/c1-22(2)14-20(24)21-19-11-7-10-16-17(12-23(3)13-18(16)19)15-8-5-4-6-9-15;;/h4-11,17H,12-14H2,1-3H3,(H,21,24);2*1H. The van der Waals surface area contributed by atoms with Crippen molar-refractivity contribution in [2.24, 2.45) is 0 Å². The van der Waals surface area contributed by atoms with Crippen molar-refractivity contribution in [2.75, 3.05) is 39.5 Å². The molecule has 1 aliphatic rings. The fraction of sp³-hybridized carbons (Fsp3) is 0.350. The fourth-order valence-corrected chi connectivity index (χ4v) is 3.42. The highest BCUT2D eigenvalue weighted by atomic mass is 35.5. The summed E-state index contributed by atoms with van der Waals surface area (Å²) in [6, 6.07) is 16.9. The molecule has 4 nitrogen and oxygen atoms in total. The van der Waals surface area contributed by atoms with Crippen LogP contribution in [0.25, 0.3) is 0 Å². The lowest BCUT2D eigenvalue weighted by Gasteiger charge is -2.34. The third-order valence-corrected chi connectivity index (χ3v) is 4.45. The molecule has 0 saturated heterocycles. The average Bonchev–Trinajstić information content (AvgIpc) is 2.55. The van der Waals surface area contributed by atoms with Gasteiger partial charge in [0, 0.05) is 24.7 Å². The zero-order valence-corrected chi connectivity index (χ0v) is 17.1. The SMILES string of the molecule is CN(C)CC(=O)Nc1cccc2c1CN(C)CC2c1ccccc1.Cl.Cl. The first-order chi connectivity index (χ1) is 11.5. The number of halogens is 2. The van der Waals surface area contributed by atoms with Crippen molar-refractivity contribution in [3.8, 4) is 0 Å². The van der Waals surface area contributed by atoms with E-state index in [1.807, 2.05) is 31.1 Å². The number of carbonyl (C=O) groups is 1. The molecule has 6 heteroatoms. The van der Waals surface area contributed by atoms with Crippen molar-refractivity contribution in [1.82, 2.24) is 9.80 Å². The summed E-state index contributed by atoms with van der Waals surface area (Å²) < 4.78 is 0. The number of anilines is 1. The van der Waals surface area contributed by atoms with Gasteiger partial charge in [0.2, 0.25) is 5.91 Å². The number of amides is 1. The van der Waals surface area contributed by atoms with E-state index in [4.69, 9.17) is 0 Å². The normalized spacial score (nSPS) is 16.2.